The summed E-state index contributed by atoms with van der Waals surface area (Å²) >= 11 is 12.7. The molecule has 2 unspecified atom stereocenters. The third-order valence-electron chi connectivity index (χ3n) is 5.16. The van der Waals surface area contributed by atoms with E-state index in [1.165, 1.54) is 0 Å². The van der Waals surface area contributed by atoms with E-state index >= 15 is 0 Å². The fourth-order valence-electron chi connectivity index (χ4n) is 3.80. The Morgan fingerprint density at radius 2 is 2.08 bits per heavy atom. The van der Waals surface area contributed by atoms with Crippen molar-refractivity contribution in [3.63, 3.8) is 0 Å². The predicted molar refractivity (Wildman–Crippen MR) is 97.3 cm³/mol. The number of ether oxygens (including phenoxy) is 2. The number of allylic oxidation sites excluding steroid dienone is 2. The van der Waals surface area contributed by atoms with Crippen molar-refractivity contribution >= 4 is 40.5 Å². The van der Waals surface area contributed by atoms with Crippen molar-refractivity contribution in [2.45, 2.75) is 45.9 Å². The van der Waals surface area contributed by atoms with Gasteiger partial charge in [0.25, 0.3) is 0 Å². The molecule has 2 aliphatic carbocycles. The molecule has 0 saturated heterocycles. The van der Waals surface area contributed by atoms with E-state index in [1.54, 1.807) is 19.1 Å². The van der Waals surface area contributed by atoms with Gasteiger partial charge in [0, 0.05) is 17.4 Å². The Bertz CT molecular complexity index is 805. The Balaban J connectivity index is 2.01. The minimum absolute atomic E-state index is 0.00667. The molecular formula is C19H19Cl2FO4. The third-order valence-corrected chi connectivity index (χ3v) is 6.01. The molecular weight excluding hydrogens is 382 g/mol. The number of rotatable bonds is 5. The van der Waals surface area contributed by atoms with Crippen LogP contribution in [0.5, 0.6) is 5.75 Å². The number of hydrogen-bond donors (Lipinski definition) is 0. The zero-order valence-electron chi connectivity index (χ0n) is 14.5. The summed E-state index contributed by atoms with van der Waals surface area (Å²) in [5, 5.41) is 0.231. The molecule has 0 heterocycles. The van der Waals surface area contributed by atoms with Crippen LogP contribution in [0.2, 0.25) is 10.0 Å². The first-order chi connectivity index (χ1) is 12.3. The summed E-state index contributed by atoms with van der Waals surface area (Å²) in [4.78, 5) is 23.4. The van der Waals surface area contributed by atoms with Crippen molar-refractivity contribution in [1.29, 1.82) is 0 Å². The van der Waals surface area contributed by atoms with Crippen molar-refractivity contribution in [3.05, 3.63) is 33.3 Å². The molecule has 26 heavy (non-hydrogen) atoms. The first kappa shape index (κ1) is 19.2. The van der Waals surface area contributed by atoms with Crippen molar-refractivity contribution < 1.29 is 23.5 Å². The lowest BCUT2D eigenvalue weighted by Gasteiger charge is -2.32. The number of benzene rings is 1. The number of alkyl halides is 1. The van der Waals surface area contributed by atoms with Crippen LogP contribution in [0.3, 0.4) is 0 Å². The fourth-order valence-corrected chi connectivity index (χ4v) is 4.31. The first-order valence-corrected chi connectivity index (χ1v) is 9.32. The normalized spacial score (nSPS) is 22.3. The molecule has 0 bridgehead atoms. The second-order valence-electron chi connectivity index (χ2n) is 6.56. The number of hydrogen-bond acceptors (Lipinski definition) is 4. The standard InChI is InChI=1S/C19H19Cl2FO4/c1-3-19-6-5-11(23)8-12(19)14-10(9-19)7-13(15(20)16(14)21)26-17(22)18(24)25-4-2/h7-8,17H,3-6,9H2,1-2H3. The topological polar surface area (TPSA) is 52.6 Å². The number of fused-ring (bicyclic) bond motifs is 3. The Hall–Kier alpha value is -1.59. The van der Waals surface area contributed by atoms with E-state index < -0.39 is 12.3 Å². The molecule has 1 aromatic rings. The van der Waals surface area contributed by atoms with Gasteiger partial charge in [-0.1, -0.05) is 30.1 Å². The Morgan fingerprint density at radius 3 is 2.73 bits per heavy atom. The molecule has 0 saturated carbocycles. The van der Waals surface area contributed by atoms with Crippen LogP contribution in [0.25, 0.3) is 5.57 Å². The van der Waals surface area contributed by atoms with E-state index in [4.69, 9.17) is 27.9 Å². The van der Waals surface area contributed by atoms with Crippen LogP contribution >= 0.6 is 23.2 Å². The number of esters is 1. The third kappa shape index (κ3) is 3.12. The molecule has 1 aromatic carbocycles. The highest BCUT2D eigenvalue weighted by Gasteiger charge is 2.45. The molecule has 2 aliphatic rings. The second kappa shape index (κ2) is 7.20. The molecule has 0 fully saturated rings. The molecule has 0 aromatic heterocycles. The predicted octanol–water partition coefficient (Wildman–Crippen LogP) is 4.93. The van der Waals surface area contributed by atoms with Gasteiger partial charge in [0.2, 0.25) is 0 Å². The van der Waals surface area contributed by atoms with Crippen molar-refractivity contribution in [2.75, 3.05) is 6.61 Å². The highest BCUT2D eigenvalue weighted by molar-refractivity contribution is 6.44. The lowest BCUT2D eigenvalue weighted by atomic mass is 9.71. The van der Waals surface area contributed by atoms with E-state index in [2.05, 4.69) is 11.7 Å². The van der Waals surface area contributed by atoms with E-state index in [9.17, 15) is 14.0 Å². The van der Waals surface area contributed by atoms with E-state index in [0.29, 0.717) is 12.8 Å². The van der Waals surface area contributed by atoms with Gasteiger partial charge in [-0.15, -0.1) is 0 Å². The maximum Gasteiger partial charge on any atom is 0.381 e. The van der Waals surface area contributed by atoms with Crippen LogP contribution in [-0.4, -0.2) is 24.7 Å². The number of halogens is 3. The zero-order valence-corrected chi connectivity index (χ0v) is 16.0. The van der Waals surface area contributed by atoms with Gasteiger partial charge in [-0.25, -0.2) is 4.79 Å². The SMILES string of the molecule is CCOC(=O)C(F)Oc1cc2c(c(Cl)c1Cl)C1=CC(=O)CCC1(CC)C2. The summed E-state index contributed by atoms with van der Waals surface area (Å²) in [5.41, 5.74) is 2.29. The van der Waals surface area contributed by atoms with Crippen LogP contribution in [0, 0.1) is 5.41 Å². The van der Waals surface area contributed by atoms with Crippen molar-refractivity contribution in [1.82, 2.24) is 0 Å². The first-order valence-electron chi connectivity index (χ1n) is 8.56. The molecule has 140 valence electrons. The number of ketones is 1. The van der Waals surface area contributed by atoms with E-state index in [1.807, 2.05) is 0 Å². The highest BCUT2D eigenvalue weighted by Crippen LogP contribution is 2.57. The summed E-state index contributed by atoms with van der Waals surface area (Å²) in [6.45, 7) is 3.69. The van der Waals surface area contributed by atoms with Gasteiger partial charge in [-0.05, 0) is 49.5 Å². The summed E-state index contributed by atoms with van der Waals surface area (Å²) in [7, 11) is 0. The monoisotopic (exact) mass is 400 g/mol. The number of carbonyl (C=O) groups is 2. The smallest absolute Gasteiger partial charge is 0.381 e. The molecule has 0 radical (unpaired) electrons. The van der Waals surface area contributed by atoms with E-state index in [0.717, 1.165) is 29.5 Å². The van der Waals surface area contributed by atoms with Crippen LogP contribution < -0.4 is 4.74 Å². The molecule has 2 atom stereocenters. The average molecular weight is 401 g/mol. The lowest BCUT2D eigenvalue weighted by molar-refractivity contribution is -0.159. The van der Waals surface area contributed by atoms with Gasteiger partial charge >= 0.3 is 12.3 Å². The highest BCUT2D eigenvalue weighted by atomic mass is 35.5. The molecule has 0 N–H and O–H groups in total. The van der Waals surface area contributed by atoms with E-state index in [-0.39, 0.29) is 33.6 Å². The van der Waals surface area contributed by atoms with Crippen molar-refractivity contribution in [2.24, 2.45) is 5.41 Å². The summed E-state index contributed by atoms with van der Waals surface area (Å²) in [5.74, 6) is -1.06. The van der Waals surface area contributed by atoms with Gasteiger partial charge in [-0.3, -0.25) is 4.79 Å². The summed E-state index contributed by atoms with van der Waals surface area (Å²) < 4.78 is 23.6. The minimum atomic E-state index is -2.29. The molecule has 0 amide bonds. The fraction of sp³-hybridized carbons (Fsp3) is 0.474. The zero-order chi connectivity index (χ0) is 19.1. The summed E-state index contributed by atoms with van der Waals surface area (Å²) in [6.07, 6.45) is 2.11. The quantitative estimate of drug-likeness (QED) is 0.657. The Kier molecular flexibility index (Phi) is 5.31. The summed E-state index contributed by atoms with van der Waals surface area (Å²) in [6, 6.07) is 1.61. The van der Waals surface area contributed by atoms with Gasteiger partial charge in [0.1, 0.15) is 10.8 Å². The van der Waals surface area contributed by atoms with Gasteiger partial charge in [0.05, 0.1) is 11.6 Å². The van der Waals surface area contributed by atoms with Gasteiger partial charge in [0.15, 0.2) is 5.78 Å². The largest absolute Gasteiger partial charge is 0.461 e. The van der Waals surface area contributed by atoms with Crippen LogP contribution in [0.15, 0.2) is 12.1 Å². The maximum atomic E-state index is 14.0. The molecule has 7 heteroatoms. The lowest BCUT2D eigenvalue weighted by Crippen LogP contribution is -2.25. The molecule has 0 spiro atoms. The maximum absolute atomic E-state index is 14.0. The Labute approximate surface area is 161 Å². The molecule has 0 aliphatic heterocycles. The van der Waals surface area contributed by atoms with Gasteiger partial charge < -0.3 is 9.47 Å². The molecule has 4 nitrogen and oxygen atoms in total. The van der Waals surface area contributed by atoms with Gasteiger partial charge in [-0.2, -0.15) is 4.39 Å². The Morgan fingerprint density at radius 1 is 1.35 bits per heavy atom. The number of carbonyl (C=O) groups excluding carboxylic acids is 2. The second-order valence-corrected chi connectivity index (χ2v) is 7.31. The van der Waals surface area contributed by atoms with Crippen LogP contribution in [-0.2, 0) is 20.7 Å². The van der Waals surface area contributed by atoms with Crippen LogP contribution in [0.4, 0.5) is 4.39 Å². The van der Waals surface area contributed by atoms with Crippen LogP contribution in [0.1, 0.15) is 44.2 Å². The molecule has 3 rings (SSSR count). The minimum Gasteiger partial charge on any atom is -0.461 e. The van der Waals surface area contributed by atoms with Crippen molar-refractivity contribution in [3.8, 4) is 5.75 Å². The average Bonchev–Trinajstić information content (AvgIpc) is 2.93.